The average Bonchev–Trinajstić information content (AvgIpc) is 3.19. The Morgan fingerprint density at radius 2 is 1.59 bits per heavy atom. The van der Waals surface area contributed by atoms with Crippen molar-refractivity contribution < 1.29 is 18.9 Å². The van der Waals surface area contributed by atoms with E-state index in [0.29, 0.717) is 16.8 Å². The number of carbonyl (C=O) groups is 2. The Bertz CT molecular complexity index is 1420. The summed E-state index contributed by atoms with van der Waals surface area (Å²) < 4.78 is 13.1. The number of nitriles is 1. The van der Waals surface area contributed by atoms with E-state index < -0.39 is 22.6 Å². The normalized spacial score (nSPS) is 13.2. The third-order valence-electron chi connectivity index (χ3n) is 4.91. The molecule has 0 aromatic heterocycles. The molecule has 0 saturated heterocycles. The van der Waals surface area contributed by atoms with E-state index in [0.717, 1.165) is 0 Å². The first-order valence-electron chi connectivity index (χ1n) is 9.83. The number of benzene rings is 3. The Kier molecular flexibility index (Phi) is 5.92. The van der Waals surface area contributed by atoms with E-state index in [2.05, 4.69) is 15.6 Å². The van der Waals surface area contributed by atoms with Crippen LogP contribution in [-0.2, 0) is 4.79 Å². The predicted octanol–water partition coefficient (Wildman–Crippen LogP) is 3.80. The van der Waals surface area contributed by atoms with Crippen molar-refractivity contribution in [2.45, 2.75) is 0 Å². The third kappa shape index (κ3) is 4.39. The molecule has 2 N–H and O–H groups in total. The smallest absolute Gasteiger partial charge is 0.269 e. The molecule has 0 fully saturated rings. The van der Waals surface area contributed by atoms with Gasteiger partial charge >= 0.3 is 0 Å². The van der Waals surface area contributed by atoms with Crippen LogP contribution in [0.3, 0.4) is 0 Å². The summed E-state index contributed by atoms with van der Waals surface area (Å²) in [5, 5.41) is 25.7. The molecule has 0 bridgehead atoms. The number of nitrogens with one attached hydrogen (secondary N) is 2. The summed E-state index contributed by atoms with van der Waals surface area (Å²) in [6.07, 6.45) is 0. The molecule has 1 aliphatic rings. The zero-order valence-corrected chi connectivity index (χ0v) is 17.3. The van der Waals surface area contributed by atoms with Crippen molar-refractivity contribution >= 4 is 34.7 Å². The van der Waals surface area contributed by atoms with E-state index in [-0.39, 0.29) is 28.4 Å². The molecule has 4 rings (SSSR count). The van der Waals surface area contributed by atoms with Crippen molar-refractivity contribution in [2.75, 3.05) is 5.32 Å². The van der Waals surface area contributed by atoms with Gasteiger partial charge in [-0.3, -0.25) is 19.7 Å². The lowest BCUT2D eigenvalue weighted by Gasteiger charge is -2.06. The van der Waals surface area contributed by atoms with Gasteiger partial charge < -0.3 is 10.6 Å². The quantitative estimate of drug-likeness (QED) is 0.267. The fourth-order valence-electron chi connectivity index (χ4n) is 3.27. The van der Waals surface area contributed by atoms with Gasteiger partial charge in [-0.15, -0.1) is 0 Å². The maximum atomic E-state index is 13.1. The van der Waals surface area contributed by atoms with Crippen LogP contribution >= 0.6 is 0 Å². The number of fused-ring (bicyclic) bond motifs is 1. The molecule has 0 radical (unpaired) electrons. The van der Waals surface area contributed by atoms with Crippen LogP contribution in [0.15, 0.2) is 83.4 Å². The molecule has 0 spiro atoms. The van der Waals surface area contributed by atoms with Gasteiger partial charge in [-0.1, -0.05) is 24.3 Å². The molecule has 0 unspecified atom stereocenters. The Hall–Kier alpha value is -5.17. The van der Waals surface area contributed by atoms with E-state index in [9.17, 15) is 29.4 Å². The summed E-state index contributed by atoms with van der Waals surface area (Å²) in [5.41, 5.74) is 1.03. The van der Waals surface area contributed by atoms with E-state index in [4.69, 9.17) is 0 Å². The van der Waals surface area contributed by atoms with Gasteiger partial charge in [0.15, 0.2) is 0 Å². The molecule has 166 valence electrons. The van der Waals surface area contributed by atoms with Gasteiger partial charge in [-0.2, -0.15) is 5.26 Å². The fraction of sp³-hybridized carbons (Fsp3) is 0. The van der Waals surface area contributed by atoms with Crippen LogP contribution in [0, 0.1) is 27.3 Å². The first kappa shape index (κ1) is 22.0. The average molecular weight is 455 g/mol. The molecule has 9 nitrogen and oxygen atoms in total. The zero-order valence-electron chi connectivity index (χ0n) is 17.3. The standard InChI is InChI=1S/C24H14FN5O4/c25-15-7-9-16(10-8-15)27-24(32)20(13-26)21-18-3-1-2-4-19(18)22(28-21)29-23(31)14-5-11-17(12-6-14)30(33)34/h1-12H,(H,27,32)(H,28,29,31)/b21-20-. The highest BCUT2D eigenvalue weighted by atomic mass is 19.1. The summed E-state index contributed by atoms with van der Waals surface area (Å²) in [6, 6.07) is 18.7. The summed E-state index contributed by atoms with van der Waals surface area (Å²) in [7, 11) is 0. The Labute approximate surface area is 192 Å². The van der Waals surface area contributed by atoms with Crippen molar-refractivity contribution in [3.05, 3.63) is 111 Å². The number of halogens is 1. The number of non-ortho nitro benzene ring substituents is 1. The molecule has 3 aromatic rings. The van der Waals surface area contributed by atoms with Gasteiger partial charge in [0.2, 0.25) is 0 Å². The molecular weight excluding hydrogens is 441 g/mol. The number of carbonyl (C=O) groups excluding carboxylic acids is 2. The van der Waals surface area contributed by atoms with Gasteiger partial charge in [0, 0.05) is 34.5 Å². The second kappa shape index (κ2) is 9.13. The Morgan fingerprint density at radius 3 is 2.21 bits per heavy atom. The highest BCUT2D eigenvalue weighted by Crippen LogP contribution is 2.31. The van der Waals surface area contributed by atoms with Crippen molar-refractivity contribution in [3.63, 3.8) is 0 Å². The lowest BCUT2D eigenvalue weighted by molar-refractivity contribution is -0.384. The minimum Gasteiger partial charge on any atom is -0.321 e. The molecule has 0 aliphatic carbocycles. The number of amidine groups is 1. The maximum absolute atomic E-state index is 13.1. The lowest BCUT2D eigenvalue weighted by atomic mass is 10.0. The highest BCUT2D eigenvalue weighted by molar-refractivity contribution is 6.21. The van der Waals surface area contributed by atoms with Crippen molar-refractivity contribution in [1.29, 1.82) is 5.26 Å². The van der Waals surface area contributed by atoms with Gasteiger partial charge in [-0.25, -0.2) is 9.38 Å². The SMILES string of the molecule is N#C/C(C(=O)Nc1ccc(F)cc1)=C1/N=C(NC(=O)c2ccc([N+](=O)[O-])cc2)c2ccccc21. The van der Waals surface area contributed by atoms with E-state index >= 15 is 0 Å². The molecule has 2 amide bonds. The van der Waals surface area contributed by atoms with Crippen LogP contribution < -0.4 is 10.6 Å². The zero-order chi connectivity index (χ0) is 24.2. The van der Waals surface area contributed by atoms with Crippen LogP contribution in [0.1, 0.15) is 21.5 Å². The molecule has 10 heteroatoms. The van der Waals surface area contributed by atoms with Crippen molar-refractivity contribution in [2.24, 2.45) is 4.99 Å². The highest BCUT2D eigenvalue weighted by Gasteiger charge is 2.27. The first-order valence-corrected chi connectivity index (χ1v) is 9.83. The summed E-state index contributed by atoms with van der Waals surface area (Å²) in [6.45, 7) is 0. The van der Waals surface area contributed by atoms with E-state index in [1.807, 2.05) is 6.07 Å². The van der Waals surface area contributed by atoms with Gasteiger partial charge in [0.25, 0.3) is 17.5 Å². The number of nitro benzene ring substituents is 1. The summed E-state index contributed by atoms with van der Waals surface area (Å²) in [4.78, 5) is 40.0. The second-order valence-electron chi connectivity index (χ2n) is 7.06. The fourth-order valence-corrected chi connectivity index (χ4v) is 3.27. The van der Waals surface area contributed by atoms with E-state index in [1.165, 1.54) is 48.5 Å². The van der Waals surface area contributed by atoms with Gasteiger partial charge in [0.1, 0.15) is 23.3 Å². The Morgan fingerprint density at radius 1 is 0.941 bits per heavy atom. The van der Waals surface area contributed by atoms with Crippen molar-refractivity contribution in [1.82, 2.24) is 5.32 Å². The van der Waals surface area contributed by atoms with E-state index in [1.54, 1.807) is 24.3 Å². The number of rotatable bonds is 4. The monoisotopic (exact) mass is 455 g/mol. The molecule has 1 heterocycles. The minimum absolute atomic E-state index is 0.0664. The number of amides is 2. The molecule has 0 saturated carbocycles. The first-order chi connectivity index (χ1) is 16.4. The van der Waals surface area contributed by atoms with Crippen LogP contribution in [0.25, 0.3) is 5.70 Å². The van der Waals surface area contributed by atoms with Gasteiger partial charge in [0.05, 0.1) is 10.6 Å². The molecule has 3 aromatic carbocycles. The van der Waals surface area contributed by atoms with Crippen LogP contribution in [-0.4, -0.2) is 22.6 Å². The number of hydrogen-bond donors (Lipinski definition) is 2. The topological polar surface area (TPSA) is 137 Å². The number of hydrogen-bond acceptors (Lipinski definition) is 6. The lowest BCUT2D eigenvalue weighted by Crippen LogP contribution is -2.30. The summed E-state index contributed by atoms with van der Waals surface area (Å²) >= 11 is 0. The maximum Gasteiger partial charge on any atom is 0.269 e. The molecule has 0 atom stereocenters. The number of nitro groups is 1. The molecular formula is C24H14FN5O4. The molecule has 34 heavy (non-hydrogen) atoms. The van der Waals surface area contributed by atoms with Crippen molar-refractivity contribution in [3.8, 4) is 6.07 Å². The minimum atomic E-state index is -0.745. The third-order valence-corrected chi connectivity index (χ3v) is 4.91. The summed E-state index contributed by atoms with van der Waals surface area (Å²) in [5.74, 6) is -1.67. The van der Waals surface area contributed by atoms with Crippen LogP contribution in [0.2, 0.25) is 0 Å². The number of nitrogens with zero attached hydrogens (tertiary/aromatic N) is 3. The predicted molar refractivity (Wildman–Crippen MR) is 121 cm³/mol. The number of anilines is 1. The molecule has 1 aliphatic heterocycles. The second-order valence-corrected chi connectivity index (χ2v) is 7.06. The largest absolute Gasteiger partial charge is 0.321 e. The van der Waals surface area contributed by atoms with Crippen LogP contribution in [0.4, 0.5) is 15.8 Å². The van der Waals surface area contributed by atoms with Crippen LogP contribution in [0.5, 0.6) is 0 Å². The Balaban J connectivity index is 1.65. The number of aliphatic imine (C=N–C) groups is 1. The van der Waals surface area contributed by atoms with Gasteiger partial charge in [-0.05, 0) is 36.4 Å².